The number of carboxylic acid groups (broad SMARTS) is 1. The van der Waals surface area contributed by atoms with Crippen molar-refractivity contribution in [3.63, 3.8) is 0 Å². The van der Waals surface area contributed by atoms with Crippen molar-refractivity contribution in [2.75, 3.05) is 6.54 Å². The van der Waals surface area contributed by atoms with Crippen molar-refractivity contribution < 1.29 is 19.5 Å². The number of carbonyl (C=O) groups is 3. The van der Waals surface area contributed by atoms with E-state index >= 15 is 0 Å². The van der Waals surface area contributed by atoms with Gasteiger partial charge in [-0.3, -0.25) is 19.3 Å². The van der Waals surface area contributed by atoms with Gasteiger partial charge in [0, 0.05) is 5.57 Å². The van der Waals surface area contributed by atoms with E-state index in [4.69, 9.17) is 5.11 Å². The lowest BCUT2D eigenvalue weighted by Gasteiger charge is -2.09. The molecule has 1 aliphatic heterocycles. The monoisotopic (exact) mass is 259 g/mol. The summed E-state index contributed by atoms with van der Waals surface area (Å²) in [6.45, 7) is 1.32. The van der Waals surface area contributed by atoms with Gasteiger partial charge in [0.25, 0.3) is 5.91 Å². The number of benzene rings is 1. The van der Waals surface area contributed by atoms with E-state index in [-0.39, 0.29) is 6.42 Å². The minimum absolute atomic E-state index is 0.0412. The molecule has 0 atom stereocenters. The van der Waals surface area contributed by atoms with Gasteiger partial charge >= 0.3 is 5.97 Å². The van der Waals surface area contributed by atoms with Crippen molar-refractivity contribution in [1.82, 2.24) is 4.90 Å². The first-order chi connectivity index (χ1) is 8.99. The number of hydrogen-bond donors (Lipinski definition) is 1. The predicted octanol–water partition coefficient (Wildman–Crippen LogP) is 1.22. The Morgan fingerprint density at radius 3 is 2.68 bits per heavy atom. The minimum atomic E-state index is -1.20. The fourth-order valence-electron chi connectivity index (χ4n) is 1.97. The number of aryl methyl sites for hydroxylation is 1. The predicted molar refractivity (Wildman–Crippen MR) is 68.1 cm³/mol. The van der Waals surface area contributed by atoms with E-state index in [0.29, 0.717) is 5.57 Å². The van der Waals surface area contributed by atoms with Crippen LogP contribution in [0.1, 0.15) is 17.5 Å². The van der Waals surface area contributed by atoms with E-state index in [1.807, 2.05) is 31.2 Å². The molecule has 0 aliphatic carbocycles. The number of imide groups is 1. The van der Waals surface area contributed by atoms with Crippen LogP contribution in [0.2, 0.25) is 0 Å². The molecular formula is C14H13NO4. The molecule has 0 unspecified atom stereocenters. The van der Waals surface area contributed by atoms with Crippen LogP contribution in [0.25, 0.3) is 6.08 Å². The van der Waals surface area contributed by atoms with Crippen molar-refractivity contribution in [1.29, 1.82) is 0 Å². The third kappa shape index (κ3) is 2.70. The normalized spacial score (nSPS) is 17.3. The van der Waals surface area contributed by atoms with Crippen LogP contribution >= 0.6 is 0 Å². The lowest BCUT2D eigenvalue weighted by atomic mass is 10.1. The average Bonchev–Trinajstić information content (AvgIpc) is 2.60. The summed E-state index contributed by atoms with van der Waals surface area (Å²) in [5, 5.41) is 8.66. The zero-order valence-electron chi connectivity index (χ0n) is 10.4. The number of hydrogen-bond acceptors (Lipinski definition) is 3. The van der Waals surface area contributed by atoms with E-state index in [0.717, 1.165) is 16.0 Å². The summed E-state index contributed by atoms with van der Waals surface area (Å²) in [6.07, 6.45) is 1.61. The third-order valence-electron chi connectivity index (χ3n) is 2.97. The van der Waals surface area contributed by atoms with Crippen LogP contribution in [0.4, 0.5) is 0 Å². The smallest absolute Gasteiger partial charge is 0.323 e. The molecular weight excluding hydrogens is 246 g/mol. The molecule has 2 amide bonds. The summed E-state index contributed by atoms with van der Waals surface area (Å²) in [7, 11) is 0. The minimum Gasteiger partial charge on any atom is -0.480 e. The van der Waals surface area contributed by atoms with Crippen LogP contribution in [0.5, 0.6) is 0 Å². The van der Waals surface area contributed by atoms with Gasteiger partial charge in [0.05, 0.1) is 6.42 Å². The molecule has 0 spiro atoms. The van der Waals surface area contributed by atoms with Gasteiger partial charge in [0.15, 0.2) is 0 Å². The van der Waals surface area contributed by atoms with Crippen LogP contribution in [-0.4, -0.2) is 34.3 Å². The number of nitrogens with zero attached hydrogens (tertiary/aromatic N) is 1. The first kappa shape index (κ1) is 13.0. The van der Waals surface area contributed by atoms with Crippen LogP contribution in [0, 0.1) is 6.92 Å². The molecule has 0 saturated carbocycles. The first-order valence-electron chi connectivity index (χ1n) is 5.81. The average molecular weight is 259 g/mol. The maximum atomic E-state index is 11.9. The second kappa shape index (κ2) is 5.06. The molecule has 1 aliphatic rings. The molecule has 0 radical (unpaired) electrons. The Labute approximate surface area is 110 Å². The summed E-state index contributed by atoms with van der Waals surface area (Å²) < 4.78 is 0. The molecule has 0 aromatic heterocycles. The van der Waals surface area contributed by atoms with Gasteiger partial charge in [-0.05, 0) is 24.1 Å². The SMILES string of the molecule is Cc1ccccc1/C=C1\CC(=O)N(CC(=O)O)C1=O. The standard InChI is InChI=1S/C14H13NO4/c1-9-4-2-3-5-10(9)6-11-7-12(16)15(14(11)19)8-13(17)18/h2-6H,7-8H2,1H3,(H,17,18)/b11-6+. The fraction of sp³-hybridized carbons (Fsp3) is 0.214. The Bertz CT molecular complexity index is 589. The Morgan fingerprint density at radius 2 is 2.05 bits per heavy atom. The number of rotatable bonds is 3. The lowest BCUT2D eigenvalue weighted by Crippen LogP contribution is -2.34. The Balaban J connectivity index is 2.28. The highest BCUT2D eigenvalue weighted by atomic mass is 16.4. The van der Waals surface area contributed by atoms with E-state index in [9.17, 15) is 14.4 Å². The van der Waals surface area contributed by atoms with Crippen molar-refractivity contribution in [3.05, 3.63) is 41.0 Å². The van der Waals surface area contributed by atoms with Crippen LogP contribution in [-0.2, 0) is 14.4 Å². The second-order valence-corrected chi connectivity index (χ2v) is 4.38. The summed E-state index contributed by atoms with van der Waals surface area (Å²) in [4.78, 5) is 34.9. The molecule has 5 heteroatoms. The molecule has 1 heterocycles. The zero-order valence-corrected chi connectivity index (χ0v) is 10.4. The van der Waals surface area contributed by atoms with Crippen molar-refractivity contribution >= 4 is 23.9 Å². The summed E-state index contributed by atoms with van der Waals surface area (Å²) in [5.74, 6) is -2.18. The number of carboxylic acids is 1. The highest BCUT2D eigenvalue weighted by Gasteiger charge is 2.34. The van der Waals surface area contributed by atoms with Gasteiger partial charge in [-0.15, -0.1) is 0 Å². The highest BCUT2D eigenvalue weighted by molar-refractivity contribution is 6.16. The van der Waals surface area contributed by atoms with Crippen molar-refractivity contribution in [3.8, 4) is 0 Å². The van der Waals surface area contributed by atoms with Crippen LogP contribution < -0.4 is 0 Å². The Morgan fingerprint density at radius 1 is 1.37 bits per heavy atom. The van der Waals surface area contributed by atoms with E-state index in [2.05, 4.69) is 0 Å². The lowest BCUT2D eigenvalue weighted by molar-refractivity contribution is -0.148. The molecule has 1 saturated heterocycles. The molecule has 0 bridgehead atoms. The Hall–Kier alpha value is -2.43. The molecule has 1 aromatic rings. The number of amides is 2. The highest BCUT2D eigenvalue weighted by Crippen LogP contribution is 2.22. The molecule has 2 rings (SSSR count). The van der Waals surface area contributed by atoms with Gasteiger partial charge < -0.3 is 5.11 Å². The van der Waals surface area contributed by atoms with Crippen molar-refractivity contribution in [2.24, 2.45) is 0 Å². The van der Waals surface area contributed by atoms with Crippen LogP contribution in [0.15, 0.2) is 29.8 Å². The summed E-state index contributed by atoms with van der Waals surface area (Å²) >= 11 is 0. The van der Waals surface area contributed by atoms with Crippen LogP contribution in [0.3, 0.4) is 0 Å². The first-order valence-corrected chi connectivity index (χ1v) is 5.81. The van der Waals surface area contributed by atoms with Gasteiger partial charge in [0.1, 0.15) is 6.54 Å². The molecule has 1 N–H and O–H groups in total. The van der Waals surface area contributed by atoms with Gasteiger partial charge in [-0.1, -0.05) is 24.3 Å². The Kier molecular flexibility index (Phi) is 3.46. The molecule has 1 fully saturated rings. The number of likely N-dealkylation sites (tertiary alicyclic amines) is 1. The number of aliphatic carboxylic acids is 1. The summed E-state index contributed by atoms with van der Waals surface area (Å²) in [5.41, 5.74) is 2.18. The molecule has 5 nitrogen and oxygen atoms in total. The maximum absolute atomic E-state index is 11.9. The zero-order chi connectivity index (χ0) is 14.0. The molecule has 1 aromatic carbocycles. The number of carbonyl (C=O) groups excluding carboxylic acids is 2. The molecule has 98 valence electrons. The van der Waals surface area contributed by atoms with Gasteiger partial charge in [-0.2, -0.15) is 0 Å². The third-order valence-corrected chi connectivity index (χ3v) is 2.97. The summed E-state index contributed by atoms with van der Waals surface area (Å²) in [6, 6.07) is 7.48. The fourth-order valence-corrected chi connectivity index (χ4v) is 1.97. The van der Waals surface area contributed by atoms with Gasteiger partial charge in [-0.25, -0.2) is 0 Å². The van der Waals surface area contributed by atoms with E-state index in [1.165, 1.54) is 0 Å². The molecule has 19 heavy (non-hydrogen) atoms. The largest absolute Gasteiger partial charge is 0.480 e. The van der Waals surface area contributed by atoms with E-state index in [1.54, 1.807) is 6.08 Å². The quantitative estimate of drug-likeness (QED) is 0.654. The second-order valence-electron chi connectivity index (χ2n) is 4.38. The maximum Gasteiger partial charge on any atom is 0.323 e. The van der Waals surface area contributed by atoms with Gasteiger partial charge in [0.2, 0.25) is 5.91 Å². The topological polar surface area (TPSA) is 74.7 Å². The van der Waals surface area contributed by atoms with E-state index < -0.39 is 24.3 Å². The van der Waals surface area contributed by atoms with Crippen molar-refractivity contribution in [2.45, 2.75) is 13.3 Å².